The van der Waals surface area contributed by atoms with Crippen LogP contribution in [0, 0.1) is 12.8 Å². The van der Waals surface area contributed by atoms with Crippen LogP contribution in [0.5, 0.6) is 0 Å². The zero-order valence-corrected chi connectivity index (χ0v) is 14.2. The van der Waals surface area contributed by atoms with Gasteiger partial charge in [-0.25, -0.2) is 0 Å². The van der Waals surface area contributed by atoms with Crippen molar-refractivity contribution < 1.29 is 0 Å². The van der Waals surface area contributed by atoms with Crippen molar-refractivity contribution in [1.82, 2.24) is 0 Å². The van der Waals surface area contributed by atoms with Gasteiger partial charge in [-0.2, -0.15) is 0 Å². The molecule has 3 unspecified atom stereocenters. The van der Waals surface area contributed by atoms with Crippen molar-refractivity contribution in [3.8, 4) is 0 Å². The molecule has 21 heavy (non-hydrogen) atoms. The topological polar surface area (TPSA) is 0 Å². The second-order valence-electron chi connectivity index (χ2n) is 6.39. The van der Waals surface area contributed by atoms with Gasteiger partial charge in [0.1, 0.15) is 0 Å². The predicted octanol–water partition coefficient (Wildman–Crippen LogP) is 5.88. The van der Waals surface area contributed by atoms with Crippen molar-refractivity contribution in [2.75, 3.05) is 0 Å². The van der Waals surface area contributed by atoms with Gasteiger partial charge >= 0.3 is 0 Å². The zero-order chi connectivity index (χ0) is 14.7. The Morgan fingerprint density at radius 2 is 1.67 bits per heavy atom. The van der Waals surface area contributed by atoms with E-state index in [1.54, 1.807) is 0 Å². The summed E-state index contributed by atoms with van der Waals surface area (Å²) in [4.78, 5) is 0.666. The maximum Gasteiger partial charge on any atom is 0.0177 e. The van der Waals surface area contributed by atoms with Gasteiger partial charge in [-0.3, -0.25) is 0 Å². The summed E-state index contributed by atoms with van der Waals surface area (Å²) in [5.41, 5.74) is 4.34. The summed E-state index contributed by atoms with van der Waals surface area (Å²) < 4.78 is 0. The van der Waals surface area contributed by atoms with Gasteiger partial charge in [0.25, 0.3) is 0 Å². The molecular formula is C20H23Br. The Hall–Kier alpha value is -1.08. The Morgan fingerprint density at radius 3 is 2.38 bits per heavy atom. The molecule has 1 heteroatoms. The van der Waals surface area contributed by atoms with Gasteiger partial charge in [-0.15, -0.1) is 0 Å². The second-order valence-corrected chi connectivity index (χ2v) is 7.56. The smallest absolute Gasteiger partial charge is 0.0177 e. The third-order valence-corrected chi connectivity index (χ3v) is 5.98. The first-order valence-electron chi connectivity index (χ1n) is 7.97. The van der Waals surface area contributed by atoms with Crippen LogP contribution in [0.2, 0.25) is 0 Å². The molecule has 0 spiro atoms. The average Bonchev–Trinajstić information content (AvgIpc) is 2.52. The molecule has 0 radical (unpaired) electrons. The molecule has 0 amide bonds. The van der Waals surface area contributed by atoms with Gasteiger partial charge in [-0.1, -0.05) is 76.1 Å². The summed E-state index contributed by atoms with van der Waals surface area (Å²) in [6, 6.07) is 20.1. The van der Waals surface area contributed by atoms with Crippen LogP contribution in [0.25, 0.3) is 0 Å². The van der Waals surface area contributed by atoms with Gasteiger partial charge < -0.3 is 0 Å². The Bertz CT molecular complexity index is 558. The zero-order valence-electron chi connectivity index (χ0n) is 12.6. The maximum atomic E-state index is 3.93. The first kappa shape index (κ1) is 14.8. The van der Waals surface area contributed by atoms with Crippen molar-refractivity contribution in [3.63, 3.8) is 0 Å². The Labute approximate surface area is 136 Å². The van der Waals surface area contributed by atoms with Gasteiger partial charge in [-0.05, 0) is 55.6 Å². The summed E-state index contributed by atoms with van der Waals surface area (Å²) in [6.07, 6.45) is 5.09. The minimum absolute atomic E-state index is 0.666. The van der Waals surface area contributed by atoms with E-state index in [4.69, 9.17) is 0 Å². The van der Waals surface area contributed by atoms with E-state index in [9.17, 15) is 0 Å². The van der Waals surface area contributed by atoms with Crippen LogP contribution in [0.15, 0.2) is 54.6 Å². The fourth-order valence-electron chi connectivity index (χ4n) is 3.49. The normalized spacial score (nSPS) is 25.7. The van der Waals surface area contributed by atoms with Gasteiger partial charge in [0.15, 0.2) is 0 Å². The molecule has 0 saturated heterocycles. The van der Waals surface area contributed by atoms with E-state index < -0.39 is 0 Å². The Kier molecular flexibility index (Phi) is 4.80. The van der Waals surface area contributed by atoms with Crippen LogP contribution in [-0.2, 0) is 6.42 Å². The molecule has 2 aromatic carbocycles. The molecule has 2 aromatic rings. The molecule has 0 N–H and O–H groups in total. The van der Waals surface area contributed by atoms with Crippen molar-refractivity contribution >= 4 is 15.9 Å². The second kappa shape index (κ2) is 6.79. The lowest BCUT2D eigenvalue weighted by molar-refractivity contribution is 0.335. The number of rotatable bonds is 3. The standard InChI is InChI=1S/C20H23Br/c1-15-7-9-16(10-8-15)13-19-14-18(11-12-20(19)21)17-5-3-2-4-6-17/h2-10,18-20H,11-14H2,1H3. The SMILES string of the molecule is Cc1ccc(CC2CC(c3ccccc3)CCC2Br)cc1. The van der Waals surface area contributed by atoms with Crippen LogP contribution in [0.4, 0.5) is 0 Å². The molecular weight excluding hydrogens is 320 g/mol. The van der Waals surface area contributed by atoms with E-state index >= 15 is 0 Å². The van der Waals surface area contributed by atoms with Gasteiger partial charge in [0, 0.05) is 4.83 Å². The third-order valence-electron chi connectivity index (χ3n) is 4.78. The highest BCUT2D eigenvalue weighted by atomic mass is 79.9. The summed E-state index contributed by atoms with van der Waals surface area (Å²) in [5.74, 6) is 1.47. The monoisotopic (exact) mass is 342 g/mol. The summed E-state index contributed by atoms with van der Waals surface area (Å²) in [6.45, 7) is 2.16. The highest BCUT2D eigenvalue weighted by molar-refractivity contribution is 9.09. The van der Waals surface area contributed by atoms with Crippen LogP contribution >= 0.6 is 15.9 Å². The molecule has 110 valence electrons. The molecule has 1 saturated carbocycles. The molecule has 0 aliphatic heterocycles. The molecule has 3 rings (SSSR count). The van der Waals surface area contributed by atoms with Crippen molar-refractivity contribution in [1.29, 1.82) is 0 Å². The van der Waals surface area contributed by atoms with Crippen molar-refractivity contribution in [3.05, 3.63) is 71.3 Å². The third kappa shape index (κ3) is 3.77. The number of halogens is 1. The van der Waals surface area contributed by atoms with E-state index in [1.807, 2.05) is 0 Å². The van der Waals surface area contributed by atoms with Gasteiger partial charge in [0.2, 0.25) is 0 Å². The minimum Gasteiger partial charge on any atom is -0.0888 e. The van der Waals surface area contributed by atoms with Crippen molar-refractivity contribution in [2.45, 2.75) is 43.4 Å². The highest BCUT2D eigenvalue weighted by Gasteiger charge is 2.29. The average molecular weight is 343 g/mol. The first-order chi connectivity index (χ1) is 10.2. The summed E-state index contributed by atoms with van der Waals surface area (Å²) in [5, 5.41) is 0. The number of hydrogen-bond acceptors (Lipinski definition) is 0. The highest BCUT2D eigenvalue weighted by Crippen LogP contribution is 2.40. The summed E-state index contributed by atoms with van der Waals surface area (Å²) in [7, 11) is 0. The van der Waals surface area contributed by atoms with E-state index in [2.05, 4.69) is 77.5 Å². The molecule has 0 nitrogen and oxygen atoms in total. The number of benzene rings is 2. The van der Waals surface area contributed by atoms with E-state index in [1.165, 1.54) is 42.4 Å². The fraction of sp³-hybridized carbons (Fsp3) is 0.400. The van der Waals surface area contributed by atoms with Gasteiger partial charge in [0.05, 0.1) is 0 Å². The fourth-order valence-corrected chi connectivity index (χ4v) is 4.16. The lowest BCUT2D eigenvalue weighted by Crippen LogP contribution is -2.25. The van der Waals surface area contributed by atoms with E-state index in [-0.39, 0.29) is 0 Å². The molecule has 0 aromatic heterocycles. The molecule has 1 aliphatic carbocycles. The van der Waals surface area contributed by atoms with E-state index in [0.29, 0.717) is 4.83 Å². The summed E-state index contributed by atoms with van der Waals surface area (Å²) >= 11 is 3.93. The molecule has 3 atom stereocenters. The molecule has 0 bridgehead atoms. The first-order valence-corrected chi connectivity index (χ1v) is 8.88. The minimum atomic E-state index is 0.666. The predicted molar refractivity (Wildman–Crippen MR) is 94.1 cm³/mol. The number of aryl methyl sites for hydroxylation is 1. The van der Waals surface area contributed by atoms with Crippen LogP contribution in [-0.4, -0.2) is 4.83 Å². The Morgan fingerprint density at radius 1 is 0.952 bits per heavy atom. The molecule has 1 aliphatic rings. The lowest BCUT2D eigenvalue weighted by Gasteiger charge is -2.33. The quantitative estimate of drug-likeness (QED) is 0.610. The van der Waals surface area contributed by atoms with Crippen LogP contribution in [0.1, 0.15) is 41.9 Å². The van der Waals surface area contributed by atoms with Crippen LogP contribution in [0.3, 0.4) is 0 Å². The lowest BCUT2D eigenvalue weighted by atomic mass is 9.76. The Balaban J connectivity index is 1.70. The largest absolute Gasteiger partial charge is 0.0888 e. The van der Waals surface area contributed by atoms with E-state index in [0.717, 1.165) is 11.8 Å². The number of alkyl halides is 1. The van der Waals surface area contributed by atoms with Crippen molar-refractivity contribution in [2.24, 2.45) is 5.92 Å². The molecule has 0 heterocycles. The number of hydrogen-bond donors (Lipinski definition) is 0. The maximum absolute atomic E-state index is 3.93. The molecule has 1 fully saturated rings. The van der Waals surface area contributed by atoms with Crippen LogP contribution < -0.4 is 0 Å².